The Balaban J connectivity index is 2.38. The van der Waals surface area contributed by atoms with E-state index in [9.17, 15) is 13.2 Å². The number of anilines is 3. The SMILES string of the molecule is CCCc1nn(C)c(Nc2ccc(F)c(F)c2F)c1N. The summed E-state index contributed by atoms with van der Waals surface area (Å²) in [4.78, 5) is 0. The Bertz CT molecular complexity index is 637. The minimum atomic E-state index is -1.52. The molecule has 0 aliphatic rings. The fourth-order valence-electron chi connectivity index (χ4n) is 1.92. The van der Waals surface area contributed by atoms with Crippen molar-refractivity contribution in [1.82, 2.24) is 9.78 Å². The summed E-state index contributed by atoms with van der Waals surface area (Å²) < 4.78 is 41.1. The van der Waals surface area contributed by atoms with Crippen LogP contribution in [0.15, 0.2) is 12.1 Å². The van der Waals surface area contributed by atoms with Crippen LogP contribution in [-0.2, 0) is 13.5 Å². The van der Waals surface area contributed by atoms with Crippen molar-refractivity contribution in [3.8, 4) is 0 Å². The molecule has 0 unspecified atom stereocenters. The zero-order chi connectivity index (χ0) is 14.9. The molecule has 0 atom stereocenters. The smallest absolute Gasteiger partial charge is 0.196 e. The van der Waals surface area contributed by atoms with E-state index in [1.165, 1.54) is 4.68 Å². The molecule has 0 bridgehead atoms. The number of aromatic nitrogens is 2. The number of hydrogen-bond donors (Lipinski definition) is 2. The maximum Gasteiger partial charge on any atom is 0.196 e. The van der Waals surface area contributed by atoms with Crippen LogP contribution < -0.4 is 11.1 Å². The monoisotopic (exact) mass is 284 g/mol. The fraction of sp³-hybridized carbons (Fsp3) is 0.308. The third kappa shape index (κ3) is 2.43. The maximum atomic E-state index is 13.6. The molecule has 0 aliphatic carbocycles. The summed E-state index contributed by atoms with van der Waals surface area (Å²) in [6.07, 6.45) is 1.54. The van der Waals surface area contributed by atoms with Gasteiger partial charge < -0.3 is 11.1 Å². The highest BCUT2D eigenvalue weighted by Gasteiger charge is 2.17. The summed E-state index contributed by atoms with van der Waals surface area (Å²) in [6, 6.07) is 1.96. The molecule has 7 heteroatoms. The quantitative estimate of drug-likeness (QED) is 0.848. The number of rotatable bonds is 4. The van der Waals surface area contributed by atoms with Crippen molar-refractivity contribution < 1.29 is 13.2 Å². The molecule has 0 fully saturated rings. The Morgan fingerprint density at radius 2 is 1.95 bits per heavy atom. The van der Waals surface area contributed by atoms with E-state index < -0.39 is 17.5 Å². The predicted molar refractivity (Wildman–Crippen MR) is 71.2 cm³/mol. The number of hydrogen-bond acceptors (Lipinski definition) is 3. The van der Waals surface area contributed by atoms with Crippen LogP contribution in [0.4, 0.5) is 30.4 Å². The Labute approximate surface area is 114 Å². The first-order chi connectivity index (χ1) is 9.45. The van der Waals surface area contributed by atoms with Crippen LogP contribution in [0.1, 0.15) is 19.0 Å². The lowest BCUT2D eigenvalue weighted by Gasteiger charge is -2.09. The van der Waals surface area contributed by atoms with E-state index >= 15 is 0 Å². The lowest BCUT2D eigenvalue weighted by atomic mass is 10.2. The van der Waals surface area contributed by atoms with Crippen molar-refractivity contribution in [3.05, 3.63) is 35.3 Å². The van der Waals surface area contributed by atoms with Crippen molar-refractivity contribution >= 4 is 17.2 Å². The second-order valence-corrected chi connectivity index (χ2v) is 4.43. The van der Waals surface area contributed by atoms with E-state index in [0.717, 1.165) is 18.6 Å². The fourth-order valence-corrected chi connectivity index (χ4v) is 1.92. The molecular formula is C13H15F3N4. The van der Waals surface area contributed by atoms with Gasteiger partial charge in [-0.3, -0.25) is 4.68 Å². The van der Waals surface area contributed by atoms with Gasteiger partial charge in [0, 0.05) is 7.05 Å². The highest BCUT2D eigenvalue weighted by atomic mass is 19.2. The summed E-state index contributed by atoms with van der Waals surface area (Å²) in [6.45, 7) is 1.98. The van der Waals surface area contributed by atoms with Gasteiger partial charge in [-0.25, -0.2) is 13.2 Å². The first kappa shape index (κ1) is 14.2. The van der Waals surface area contributed by atoms with E-state index in [4.69, 9.17) is 5.73 Å². The van der Waals surface area contributed by atoms with Crippen LogP contribution >= 0.6 is 0 Å². The molecule has 0 radical (unpaired) electrons. The average molecular weight is 284 g/mol. The maximum absolute atomic E-state index is 13.6. The van der Waals surface area contributed by atoms with Gasteiger partial charge in [0.25, 0.3) is 0 Å². The molecular weight excluding hydrogens is 269 g/mol. The number of nitrogens with one attached hydrogen (secondary N) is 1. The minimum Gasteiger partial charge on any atom is -0.394 e. The highest BCUT2D eigenvalue weighted by molar-refractivity contribution is 5.71. The van der Waals surface area contributed by atoms with Crippen molar-refractivity contribution in [1.29, 1.82) is 0 Å². The topological polar surface area (TPSA) is 55.9 Å². The molecule has 2 aromatic rings. The predicted octanol–water partition coefficient (Wildman–Crippen LogP) is 3.12. The molecule has 2 rings (SSSR count). The van der Waals surface area contributed by atoms with Crippen LogP contribution in [0.3, 0.4) is 0 Å². The van der Waals surface area contributed by atoms with E-state index in [1.54, 1.807) is 7.05 Å². The Hall–Kier alpha value is -2.18. The first-order valence-corrected chi connectivity index (χ1v) is 6.17. The van der Waals surface area contributed by atoms with Gasteiger partial charge >= 0.3 is 0 Å². The number of halogens is 3. The Morgan fingerprint density at radius 3 is 2.60 bits per heavy atom. The molecule has 4 nitrogen and oxygen atoms in total. The van der Waals surface area contributed by atoms with Crippen LogP contribution in [0.5, 0.6) is 0 Å². The van der Waals surface area contributed by atoms with Gasteiger partial charge in [-0.2, -0.15) is 5.10 Å². The van der Waals surface area contributed by atoms with Gasteiger partial charge in [-0.1, -0.05) is 13.3 Å². The second kappa shape index (κ2) is 5.44. The zero-order valence-electron chi connectivity index (χ0n) is 11.2. The number of benzene rings is 1. The lowest BCUT2D eigenvalue weighted by Crippen LogP contribution is -2.04. The third-order valence-corrected chi connectivity index (χ3v) is 2.94. The van der Waals surface area contributed by atoms with Gasteiger partial charge in [0.2, 0.25) is 0 Å². The lowest BCUT2D eigenvalue weighted by molar-refractivity contribution is 0.449. The summed E-state index contributed by atoms with van der Waals surface area (Å²) in [5.74, 6) is -3.71. The van der Waals surface area contributed by atoms with Gasteiger partial charge in [0.15, 0.2) is 23.3 Å². The molecule has 108 valence electrons. The van der Waals surface area contributed by atoms with E-state index in [1.807, 2.05) is 6.92 Å². The summed E-state index contributed by atoms with van der Waals surface area (Å²) in [5.41, 5.74) is 6.78. The van der Waals surface area contributed by atoms with Crippen molar-refractivity contribution in [2.24, 2.45) is 7.05 Å². The summed E-state index contributed by atoms with van der Waals surface area (Å²) >= 11 is 0. The Kier molecular flexibility index (Phi) is 3.87. The molecule has 0 aliphatic heterocycles. The number of nitrogens with two attached hydrogens (primary N) is 1. The highest BCUT2D eigenvalue weighted by Crippen LogP contribution is 2.29. The molecule has 1 aromatic heterocycles. The van der Waals surface area contributed by atoms with Gasteiger partial charge in [-0.05, 0) is 18.6 Å². The summed E-state index contributed by atoms with van der Waals surface area (Å²) in [7, 11) is 1.63. The van der Waals surface area contributed by atoms with Gasteiger partial charge in [0.1, 0.15) is 0 Å². The van der Waals surface area contributed by atoms with Gasteiger partial charge in [-0.15, -0.1) is 0 Å². The number of nitrogens with zero attached hydrogens (tertiary/aromatic N) is 2. The second-order valence-electron chi connectivity index (χ2n) is 4.43. The standard InChI is InChI=1S/C13H15F3N4/c1-3-4-9-12(17)13(20(2)19-9)18-8-6-5-7(14)10(15)11(8)16/h5-6,18H,3-4,17H2,1-2H3. The number of nitrogen functional groups attached to an aromatic ring is 1. The number of aryl methyl sites for hydroxylation is 2. The van der Waals surface area contributed by atoms with E-state index in [2.05, 4.69) is 10.4 Å². The van der Waals surface area contributed by atoms with Crippen molar-refractivity contribution in [2.75, 3.05) is 11.1 Å². The van der Waals surface area contributed by atoms with Crippen molar-refractivity contribution in [3.63, 3.8) is 0 Å². The Morgan fingerprint density at radius 1 is 1.25 bits per heavy atom. The molecule has 3 N–H and O–H groups in total. The molecule has 0 saturated carbocycles. The normalized spacial score (nSPS) is 10.8. The molecule has 1 heterocycles. The van der Waals surface area contributed by atoms with Crippen LogP contribution in [0.25, 0.3) is 0 Å². The average Bonchev–Trinajstić information content (AvgIpc) is 2.67. The summed E-state index contributed by atoms with van der Waals surface area (Å²) in [5, 5.41) is 6.85. The molecule has 0 amide bonds. The van der Waals surface area contributed by atoms with Crippen LogP contribution in [0, 0.1) is 17.5 Å². The largest absolute Gasteiger partial charge is 0.394 e. The molecule has 1 aromatic carbocycles. The molecule has 0 spiro atoms. The van der Waals surface area contributed by atoms with Gasteiger partial charge in [0.05, 0.1) is 17.1 Å². The minimum absolute atomic E-state index is 0.193. The first-order valence-electron chi connectivity index (χ1n) is 6.17. The van der Waals surface area contributed by atoms with E-state index in [-0.39, 0.29) is 5.69 Å². The van der Waals surface area contributed by atoms with Crippen molar-refractivity contribution in [2.45, 2.75) is 19.8 Å². The van der Waals surface area contributed by atoms with Crippen LogP contribution in [-0.4, -0.2) is 9.78 Å². The third-order valence-electron chi connectivity index (χ3n) is 2.94. The molecule has 20 heavy (non-hydrogen) atoms. The van der Waals surface area contributed by atoms with E-state index in [0.29, 0.717) is 23.6 Å². The van der Waals surface area contributed by atoms with Crippen LogP contribution in [0.2, 0.25) is 0 Å². The zero-order valence-corrected chi connectivity index (χ0v) is 11.2. The molecule has 0 saturated heterocycles.